The van der Waals surface area contributed by atoms with Gasteiger partial charge < -0.3 is 14.6 Å². The molecule has 3 heteroatoms. The first kappa shape index (κ1) is 17.9. The Morgan fingerprint density at radius 3 is 2.31 bits per heavy atom. The Bertz CT molecular complexity index is 598. The van der Waals surface area contributed by atoms with Gasteiger partial charge in [0, 0.05) is 0 Å². The van der Waals surface area contributed by atoms with Crippen LogP contribution < -0.4 is 0 Å². The molecule has 4 unspecified atom stereocenters. The van der Waals surface area contributed by atoms with Gasteiger partial charge in [0.1, 0.15) is 0 Å². The van der Waals surface area contributed by atoms with Crippen molar-refractivity contribution in [3.8, 4) is 0 Å². The summed E-state index contributed by atoms with van der Waals surface area (Å²) in [5.41, 5.74) is 0.149. The van der Waals surface area contributed by atoms with Crippen LogP contribution in [0, 0.1) is 34.5 Å². The smallest absolute Gasteiger partial charge is 0.163 e. The first-order valence-electron chi connectivity index (χ1n) is 11.1. The number of hydrogen-bond acceptors (Lipinski definition) is 3. The van der Waals surface area contributed by atoms with Crippen LogP contribution in [0.2, 0.25) is 0 Å². The van der Waals surface area contributed by atoms with Crippen LogP contribution in [-0.2, 0) is 9.47 Å². The lowest BCUT2D eigenvalue weighted by molar-refractivity contribution is -0.175. The van der Waals surface area contributed by atoms with E-state index in [0.29, 0.717) is 23.2 Å². The van der Waals surface area contributed by atoms with Gasteiger partial charge in [-0.15, -0.1) is 0 Å². The van der Waals surface area contributed by atoms with Crippen molar-refractivity contribution in [2.24, 2.45) is 34.5 Å². The third-order valence-corrected chi connectivity index (χ3v) is 9.41. The highest BCUT2D eigenvalue weighted by Gasteiger charge is 2.68. The molecule has 0 amide bonds. The van der Waals surface area contributed by atoms with Crippen LogP contribution in [0.5, 0.6) is 0 Å². The van der Waals surface area contributed by atoms with E-state index in [0.717, 1.165) is 18.8 Å². The molecular weight excluding hydrogens is 324 g/mol. The minimum absolute atomic E-state index is 0.227. The van der Waals surface area contributed by atoms with E-state index in [2.05, 4.69) is 34.6 Å². The zero-order valence-corrected chi connectivity index (χ0v) is 17.4. The SMILES string of the molecule is CC1(C)O[C@@H]2C3C4C[C@](C)(O)C[C@@]4(C)CCC3[C@@]3(C)CCCCC3[C@H]2O1. The first-order valence-corrected chi connectivity index (χ1v) is 11.1. The summed E-state index contributed by atoms with van der Waals surface area (Å²) in [4.78, 5) is 0. The second kappa shape index (κ2) is 5.27. The Morgan fingerprint density at radius 1 is 0.808 bits per heavy atom. The minimum Gasteiger partial charge on any atom is -0.390 e. The van der Waals surface area contributed by atoms with Crippen LogP contribution in [0.1, 0.15) is 86.0 Å². The standard InChI is InChI=1S/C23H38O3/c1-20(2)25-18-15-8-6-7-10-23(15,5)14-9-11-21(3)13-22(4,24)12-16(21)17(14)19(18)26-20/h14-19,24H,6-13H2,1-5H3/t14?,15?,16?,17?,18-,19-,21-,22+,23-/m1/s1. The van der Waals surface area contributed by atoms with Crippen LogP contribution in [-0.4, -0.2) is 28.7 Å². The molecule has 1 heterocycles. The van der Waals surface area contributed by atoms with E-state index < -0.39 is 11.4 Å². The van der Waals surface area contributed by atoms with E-state index >= 15 is 0 Å². The van der Waals surface area contributed by atoms with Gasteiger partial charge in [0.25, 0.3) is 0 Å². The Kier molecular flexibility index (Phi) is 3.64. The molecule has 0 aromatic rings. The monoisotopic (exact) mass is 362 g/mol. The van der Waals surface area contributed by atoms with E-state index in [-0.39, 0.29) is 17.6 Å². The number of ether oxygens (including phenoxy) is 2. The Labute approximate surface area is 159 Å². The summed E-state index contributed by atoms with van der Waals surface area (Å²) >= 11 is 0. The summed E-state index contributed by atoms with van der Waals surface area (Å²) in [6.07, 6.45) is 10.3. The van der Waals surface area contributed by atoms with Gasteiger partial charge in [0.05, 0.1) is 17.8 Å². The third-order valence-electron chi connectivity index (χ3n) is 9.41. The van der Waals surface area contributed by atoms with Crippen LogP contribution in [0.3, 0.4) is 0 Å². The quantitative estimate of drug-likeness (QED) is 0.665. The molecule has 0 radical (unpaired) electrons. The van der Waals surface area contributed by atoms with Gasteiger partial charge >= 0.3 is 0 Å². The highest BCUT2D eigenvalue weighted by Crippen LogP contribution is 2.69. The van der Waals surface area contributed by atoms with Crippen molar-refractivity contribution in [2.75, 3.05) is 0 Å². The van der Waals surface area contributed by atoms with Crippen LogP contribution in [0.15, 0.2) is 0 Å². The zero-order valence-electron chi connectivity index (χ0n) is 17.4. The number of aliphatic hydroxyl groups is 1. The predicted molar refractivity (Wildman–Crippen MR) is 102 cm³/mol. The minimum atomic E-state index is -0.511. The fraction of sp³-hybridized carbons (Fsp3) is 1.00. The Balaban J connectivity index is 1.59. The fourth-order valence-corrected chi connectivity index (χ4v) is 8.66. The van der Waals surface area contributed by atoms with Gasteiger partial charge in [-0.1, -0.05) is 26.7 Å². The molecule has 0 aromatic carbocycles. The van der Waals surface area contributed by atoms with Gasteiger partial charge in [0.15, 0.2) is 5.79 Å². The molecule has 4 saturated carbocycles. The van der Waals surface area contributed by atoms with E-state index in [1.807, 2.05) is 0 Å². The maximum atomic E-state index is 10.9. The summed E-state index contributed by atoms with van der Waals surface area (Å²) in [6.45, 7) is 11.3. The number of hydrogen-bond donors (Lipinski definition) is 1. The van der Waals surface area contributed by atoms with Crippen molar-refractivity contribution in [1.29, 1.82) is 0 Å². The second-order valence-corrected chi connectivity index (χ2v) is 11.8. The fourth-order valence-electron chi connectivity index (χ4n) is 8.66. The molecule has 26 heavy (non-hydrogen) atoms. The second-order valence-electron chi connectivity index (χ2n) is 11.8. The molecule has 1 N–H and O–H groups in total. The van der Waals surface area contributed by atoms with Gasteiger partial charge in [-0.05, 0) is 93.8 Å². The van der Waals surface area contributed by atoms with Gasteiger partial charge in [-0.2, -0.15) is 0 Å². The maximum Gasteiger partial charge on any atom is 0.163 e. The number of fused-ring (bicyclic) bond motifs is 8. The van der Waals surface area contributed by atoms with Crippen molar-refractivity contribution in [1.82, 2.24) is 0 Å². The molecular formula is C23H38O3. The van der Waals surface area contributed by atoms with Crippen LogP contribution >= 0.6 is 0 Å². The maximum absolute atomic E-state index is 10.9. The molecule has 5 fully saturated rings. The molecule has 148 valence electrons. The van der Waals surface area contributed by atoms with Crippen molar-refractivity contribution in [3.05, 3.63) is 0 Å². The van der Waals surface area contributed by atoms with Crippen molar-refractivity contribution < 1.29 is 14.6 Å². The average molecular weight is 363 g/mol. The van der Waals surface area contributed by atoms with E-state index in [4.69, 9.17) is 9.47 Å². The molecule has 0 aromatic heterocycles. The summed E-state index contributed by atoms with van der Waals surface area (Å²) < 4.78 is 13.2. The molecule has 1 saturated heterocycles. The van der Waals surface area contributed by atoms with E-state index in [1.165, 1.54) is 38.5 Å². The van der Waals surface area contributed by atoms with Gasteiger partial charge in [-0.25, -0.2) is 0 Å². The molecule has 3 nitrogen and oxygen atoms in total. The van der Waals surface area contributed by atoms with Crippen LogP contribution in [0.4, 0.5) is 0 Å². The van der Waals surface area contributed by atoms with Crippen molar-refractivity contribution in [2.45, 2.75) is 110 Å². The van der Waals surface area contributed by atoms with Crippen molar-refractivity contribution in [3.63, 3.8) is 0 Å². The average Bonchev–Trinajstić information content (AvgIpc) is 2.97. The largest absolute Gasteiger partial charge is 0.390 e. The lowest BCUT2D eigenvalue weighted by Crippen LogP contribution is -2.62. The van der Waals surface area contributed by atoms with Gasteiger partial charge in [0.2, 0.25) is 0 Å². The summed E-state index contributed by atoms with van der Waals surface area (Å²) in [5, 5.41) is 10.9. The zero-order chi connectivity index (χ0) is 18.5. The number of rotatable bonds is 0. The lowest BCUT2D eigenvalue weighted by atomic mass is 9.44. The molecule has 4 aliphatic carbocycles. The van der Waals surface area contributed by atoms with E-state index in [9.17, 15) is 5.11 Å². The summed E-state index contributed by atoms with van der Waals surface area (Å²) in [7, 11) is 0. The van der Waals surface area contributed by atoms with Crippen LogP contribution in [0.25, 0.3) is 0 Å². The highest BCUT2D eigenvalue weighted by atomic mass is 16.8. The molecule has 9 atom stereocenters. The molecule has 5 rings (SSSR count). The Morgan fingerprint density at radius 2 is 1.54 bits per heavy atom. The summed E-state index contributed by atoms with van der Waals surface area (Å²) in [6, 6.07) is 0. The molecule has 1 aliphatic heterocycles. The predicted octanol–water partition coefficient (Wildman–Crippen LogP) is 4.91. The third kappa shape index (κ3) is 2.35. The normalized spacial score (nSPS) is 60.7. The summed E-state index contributed by atoms with van der Waals surface area (Å²) in [5.74, 6) is 2.04. The molecule has 5 aliphatic rings. The Hall–Kier alpha value is -0.120. The first-order chi connectivity index (χ1) is 12.0. The van der Waals surface area contributed by atoms with Gasteiger partial charge in [-0.3, -0.25) is 0 Å². The van der Waals surface area contributed by atoms with Crippen molar-refractivity contribution >= 4 is 0 Å². The highest BCUT2D eigenvalue weighted by molar-refractivity contribution is 5.16. The topological polar surface area (TPSA) is 38.7 Å². The van der Waals surface area contributed by atoms with E-state index in [1.54, 1.807) is 0 Å². The molecule has 0 spiro atoms. The lowest BCUT2D eigenvalue weighted by Gasteiger charge is -2.62. The molecule has 0 bridgehead atoms.